The molecule has 0 aliphatic heterocycles. The van der Waals surface area contributed by atoms with Crippen molar-refractivity contribution in [2.45, 2.75) is 24.5 Å². The molecule has 3 heteroatoms. The van der Waals surface area contributed by atoms with E-state index in [-0.39, 0.29) is 5.92 Å². The van der Waals surface area contributed by atoms with Crippen LogP contribution in [0.15, 0.2) is 91.0 Å². The van der Waals surface area contributed by atoms with E-state index in [0.29, 0.717) is 12.0 Å². The van der Waals surface area contributed by atoms with Crippen molar-refractivity contribution in [1.29, 1.82) is 0 Å². The Balaban J connectivity index is 1.87. The summed E-state index contributed by atoms with van der Waals surface area (Å²) >= 11 is 0. The van der Waals surface area contributed by atoms with E-state index in [1.165, 1.54) is 0 Å². The van der Waals surface area contributed by atoms with Gasteiger partial charge in [0.25, 0.3) is 0 Å². The quantitative estimate of drug-likeness (QED) is 0.643. The van der Waals surface area contributed by atoms with Gasteiger partial charge in [-0.15, -0.1) is 0 Å². The summed E-state index contributed by atoms with van der Waals surface area (Å²) in [6.07, 6.45) is -2.15. The number of aliphatic hydroxyl groups is 2. The number of Topliss-reactive ketones (excluding diaryl/α,β-unsaturated/α-hetero) is 1. The van der Waals surface area contributed by atoms with Gasteiger partial charge < -0.3 is 10.2 Å². The summed E-state index contributed by atoms with van der Waals surface area (Å²) in [5.74, 6) is -0.853. The summed E-state index contributed by atoms with van der Waals surface area (Å²) in [5, 5.41) is 21.4. The Hall–Kier alpha value is -2.75. The fourth-order valence-corrected chi connectivity index (χ4v) is 3.15. The van der Waals surface area contributed by atoms with Gasteiger partial charge in [-0.1, -0.05) is 91.0 Å². The van der Waals surface area contributed by atoms with Gasteiger partial charge in [0, 0.05) is 11.5 Å². The number of aliphatic hydroxyl groups excluding tert-OH is 2. The van der Waals surface area contributed by atoms with Crippen molar-refractivity contribution in [3.8, 4) is 0 Å². The number of carbonyl (C=O) groups is 1. The van der Waals surface area contributed by atoms with E-state index < -0.39 is 18.0 Å². The van der Waals surface area contributed by atoms with Crippen LogP contribution in [0, 0.1) is 0 Å². The van der Waals surface area contributed by atoms with Gasteiger partial charge in [0.2, 0.25) is 0 Å². The molecule has 26 heavy (non-hydrogen) atoms. The van der Waals surface area contributed by atoms with Crippen LogP contribution in [0.5, 0.6) is 0 Å². The molecule has 1 unspecified atom stereocenters. The normalized spacial score (nSPS) is 14.4. The fourth-order valence-electron chi connectivity index (χ4n) is 3.15. The van der Waals surface area contributed by atoms with Gasteiger partial charge in [0.15, 0.2) is 5.78 Å². The van der Waals surface area contributed by atoms with E-state index in [2.05, 4.69) is 0 Å². The first-order valence-corrected chi connectivity index (χ1v) is 8.71. The molecule has 132 valence electrons. The Labute approximate surface area is 153 Å². The second-order valence-electron chi connectivity index (χ2n) is 6.37. The standard InChI is InChI=1S/C23H22O3/c24-21(19-14-8-3-9-15-19)23(26)22(25)20(18-12-6-2-7-13-18)16-17-10-4-1-5-11-17/h1-15,20,22-23,25-26H,16H2/t20?,22-,23-/m1/s1. The van der Waals surface area contributed by atoms with Crippen LogP contribution in [0.25, 0.3) is 0 Å². The van der Waals surface area contributed by atoms with Gasteiger partial charge in [0.1, 0.15) is 6.10 Å². The zero-order valence-electron chi connectivity index (χ0n) is 14.4. The highest BCUT2D eigenvalue weighted by Crippen LogP contribution is 2.27. The van der Waals surface area contributed by atoms with Crippen LogP contribution in [0.1, 0.15) is 27.4 Å². The second kappa shape index (κ2) is 8.56. The molecule has 0 radical (unpaired) electrons. The summed E-state index contributed by atoms with van der Waals surface area (Å²) < 4.78 is 0. The molecule has 3 nitrogen and oxygen atoms in total. The fraction of sp³-hybridized carbons (Fsp3) is 0.174. The summed E-state index contributed by atoms with van der Waals surface area (Å²) in [5.41, 5.74) is 2.33. The number of hydrogen-bond acceptors (Lipinski definition) is 3. The number of rotatable bonds is 7. The predicted molar refractivity (Wildman–Crippen MR) is 102 cm³/mol. The molecule has 0 amide bonds. The number of ketones is 1. The van der Waals surface area contributed by atoms with E-state index >= 15 is 0 Å². The Morgan fingerprint density at radius 2 is 1.23 bits per heavy atom. The molecule has 0 aliphatic rings. The third kappa shape index (κ3) is 4.26. The molecular weight excluding hydrogens is 324 g/mol. The maximum absolute atomic E-state index is 12.6. The van der Waals surface area contributed by atoms with Crippen molar-refractivity contribution in [2.75, 3.05) is 0 Å². The molecule has 0 aromatic heterocycles. The van der Waals surface area contributed by atoms with Crippen molar-refractivity contribution < 1.29 is 15.0 Å². The molecule has 3 rings (SSSR count). The van der Waals surface area contributed by atoms with Gasteiger partial charge >= 0.3 is 0 Å². The number of carbonyl (C=O) groups excluding carboxylic acids is 1. The lowest BCUT2D eigenvalue weighted by atomic mass is 9.83. The topological polar surface area (TPSA) is 57.5 Å². The maximum atomic E-state index is 12.6. The first kappa shape index (κ1) is 18.1. The summed E-state index contributed by atoms with van der Waals surface area (Å²) in [4.78, 5) is 12.6. The monoisotopic (exact) mass is 346 g/mol. The average molecular weight is 346 g/mol. The lowest BCUT2D eigenvalue weighted by Crippen LogP contribution is -2.39. The van der Waals surface area contributed by atoms with Crippen LogP contribution >= 0.6 is 0 Å². The van der Waals surface area contributed by atoms with E-state index in [9.17, 15) is 15.0 Å². The maximum Gasteiger partial charge on any atom is 0.193 e. The zero-order chi connectivity index (χ0) is 18.4. The first-order chi connectivity index (χ1) is 12.7. The predicted octanol–water partition coefficient (Wildman–Crippen LogP) is 3.62. The third-order valence-electron chi connectivity index (χ3n) is 4.59. The summed E-state index contributed by atoms with van der Waals surface area (Å²) in [7, 11) is 0. The van der Waals surface area contributed by atoms with Crippen LogP contribution in [0.4, 0.5) is 0 Å². The SMILES string of the molecule is O=C(c1ccccc1)[C@@H](O)[C@H](O)C(Cc1ccccc1)c1ccccc1. The molecular formula is C23H22O3. The molecule has 3 atom stereocenters. The van der Waals surface area contributed by atoms with Crippen LogP contribution in [0.3, 0.4) is 0 Å². The molecule has 0 spiro atoms. The number of hydrogen-bond donors (Lipinski definition) is 2. The molecule has 0 bridgehead atoms. The van der Waals surface area contributed by atoms with Gasteiger partial charge in [-0.2, -0.15) is 0 Å². The first-order valence-electron chi connectivity index (χ1n) is 8.71. The molecule has 0 saturated carbocycles. The van der Waals surface area contributed by atoms with Gasteiger partial charge in [-0.05, 0) is 17.5 Å². The Bertz CT molecular complexity index is 816. The van der Waals surface area contributed by atoms with Gasteiger partial charge in [-0.25, -0.2) is 0 Å². The van der Waals surface area contributed by atoms with Gasteiger partial charge in [0.05, 0.1) is 6.10 Å². The Morgan fingerprint density at radius 3 is 1.81 bits per heavy atom. The average Bonchev–Trinajstić information content (AvgIpc) is 2.72. The van der Waals surface area contributed by atoms with Crippen LogP contribution in [0.2, 0.25) is 0 Å². The molecule has 0 saturated heterocycles. The highest BCUT2D eigenvalue weighted by Gasteiger charge is 2.32. The van der Waals surface area contributed by atoms with Crippen molar-refractivity contribution in [3.05, 3.63) is 108 Å². The molecule has 3 aromatic carbocycles. The minimum atomic E-state index is -1.48. The minimum Gasteiger partial charge on any atom is -0.389 e. The van der Waals surface area contributed by atoms with E-state index in [4.69, 9.17) is 0 Å². The molecule has 2 N–H and O–H groups in total. The summed E-state index contributed by atoms with van der Waals surface area (Å²) in [6, 6.07) is 27.9. The van der Waals surface area contributed by atoms with Crippen LogP contribution in [-0.4, -0.2) is 28.2 Å². The molecule has 3 aromatic rings. The van der Waals surface area contributed by atoms with E-state index in [0.717, 1.165) is 11.1 Å². The summed E-state index contributed by atoms with van der Waals surface area (Å²) in [6.45, 7) is 0. The molecule has 0 fully saturated rings. The van der Waals surface area contributed by atoms with Crippen molar-refractivity contribution in [2.24, 2.45) is 0 Å². The third-order valence-corrected chi connectivity index (χ3v) is 4.59. The Kier molecular flexibility index (Phi) is 5.95. The Morgan fingerprint density at radius 1 is 0.731 bits per heavy atom. The lowest BCUT2D eigenvalue weighted by Gasteiger charge is -2.27. The van der Waals surface area contributed by atoms with Gasteiger partial charge in [-0.3, -0.25) is 4.79 Å². The highest BCUT2D eigenvalue weighted by molar-refractivity contribution is 5.99. The zero-order valence-corrected chi connectivity index (χ0v) is 14.4. The molecule has 0 heterocycles. The van der Waals surface area contributed by atoms with E-state index in [1.54, 1.807) is 24.3 Å². The van der Waals surface area contributed by atoms with Crippen molar-refractivity contribution in [1.82, 2.24) is 0 Å². The smallest absolute Gasteiger partial charge is 0.193 e. The van der Waals surface area contributed by atoms with Crippen molar-refractivity contribution >= 4 is 5.78 Å². The highest BCUT2D eigenvalue weighted by atomic mass is 16.3. The van der Waals surface area contributed by atoms with Crippen LogP contribution in [-0.2, 0) is 6.42 Å². The largest absolute Gasteiger partial charge is 0.389 e. The lowest BCUT2D eigenvalue weighted by molar-refractivity contribution is 0.00876. The van der Waals surface area contributed by atoms with Crippen LogP contribution < -0.4 is 0 Å². The molecule has 0 aliphatic carbocycles. The number of benzene rings is 3. The van der Waals surface area contributed by atoms with E-state index in [1.807, 2.05) is 66.7 Å². The second-order valence-corrected chi connectivity index (χ2v) is 6.37. The van der Waals surface area contributed by atoms with Crippen molar-refractivity contribution in [3.63, 3.8) is 0 Å². The minimum absolute atomic E-state index is 0.388.